The summed E-state index contributed by atoms with van der Waals surface area (Å²) in [6.45, 7) is 1.30. The molecule has 0 aliphatic carbocycles. The lowest BCUT2D eigenvalue weighted by Crippen LogP contribution is -2.51. The van der Waals surface area contributed by atoms with E-state index in [0.29, 0.717) is 17.7 Å². The van der Waals surface area contributed by atoms with Gasteiger partial charge in [0.2, 0.25) is 21.8 Å². The van der Waals surface area contributed by atoms with Crippen LogP contribution in [0.4, 0.5) is 10.1 Å². The Kier molecular flexibility index (Phi) is 8.59. The minimum absolute atomic E-state index is 0.0724. The van der Waals surface area contributed by atoms with Crippen molar-refractivity contribution in [2.45, 2.75) is 25.9 Å². The van der Waals surface area contributed by atoms with Crippen LogP contribution in [-0.4, -0.2) is 58.1 Å². The van der Waals surface area contributed by atoms with E-state index in [0.717, 1.165) is 22.7 Å². The Morgan fingerprint density at radius 2 is 1.81 bits per heavy atom. The summed E-state index contributed by atoms with van der Waals surface area (Å²) in [5.74, 6) is -0.875. The molecule has 2 rings (SSSR count). The number of nitrogens with zero attached hydrogens (tertiary/aromatic N) is 2. The van der Waals surface area contributed by atoms with E-state index in [9.17, 15) is 22.4 Å². The van der Waals surface area contributed by atoms with Crippen LogP contribution in [0.3, 0.4) is 0 Å². The van der Waals surface area contributed by atoms with Crippen LogP contribution < -0.4 is 14.4 Å². The molecule has 174 valence electrons. The van der Waals surface area contributed by atoms with Crippen molar-refractivity contribution >= 4 is 27.5 Å². The van der Waals surface area contributed by atoms with E-state index in [2.05, 4.69) is 5.32 Å². The lowest BCUT2D eigenvalue weighted by atomic mass is 10.1. The van der Waals surface area contributed by atoms with Crippen LogP contribution in [-0.2, 0) is 26.2 Å². The van der Waals surface area contributed by atoms with Crippen LogP contribution in [0.5, 0.6) is 5.75 Å². The van der Waals surface area contributed by atoms with Gasteiger partial charge in [-0.25, -0.2) is 12.8 Å². The van der Waals surface area contributed by atoms with Crippen molar-refractivity contribution in [2.24, 2.45) is 0 Å². The number of amides is 2. The molecule has 0 radical (unpaired) electrons. The summed E-state index contributed by atoms with van der Waals surface area (Å²) in [7, 11) is -0.864. The molecule has 0 bridgehead atoms. The third-order valence-electron chi connectivity index (χ3n) is 4.91. The number of nitrogens with one attached hydrogen (secondary N) is 1. The maximum absolute atomic E-state index is 13.4. The third kappa shape index (κ3) is 6.43. The molecule has 0 heterocycles. The summed E-state index contributed by atoms with van der Waals surface area (Å²) >= 11 is 0. The highest BCUT2D eigenvalue weighted by molar-refractivity contribution is 7.92. The molecule has 0 aliphatic heterocycles. The van der Waals surface area contributed by atoms with Crippen molar-refractivity contribution in [3.8, 4) is 5.75 Å². The highest BCUT2D eigenvalue weighted by Crippen LogP contribution is 2.21. The molecule has 0 spiro atoms. The lowest BCUT2D eigenvalue weighted by molar-refractivity contribution is -0.140. The topological polar surface area (TPSA) is 96.0 Å². The van der Waals surface area contributed by atoms with E-state index in [1.807, 2.05) is 0 Å². The van der Waals surface area contributed by atoms with Crippen molar-refractivity contribution in [1.82, 2.24) is 10.2 Å². The molecule has 0 fully saturated rings. The van der Waals surface area contributed by atoms with E-state index in [1.54, 1.807) is 31.2 Å². The number of methoxy groups -OCH3 is 1. The van der Waals surface area contributed by atoms with E-state index in [1.165, 1.54) is 31.2 Å². The number of halogens is 1. The molecular weight excluding hydrogens is 437 g/mol. The van der Waals surface area contributed by atoms with Gasteiger partial charge in [-0.15, -0.1) is 0 Å². The molecule has 2 aromatic carbocycles. The van der Waals surface area contributed by atoms with Crippen LogP contribution in [0, 0.1) is 5.82 Å². The van der Waals surface area contributed by atoms with Crippen LogP contribution in [0.15, 0.2) is 48.5 Å². The standard InChI is InChI=1S/C22H28FN3O5S/c1-5-20(22(28)24-2)25(14-16-7-6-8-19(13-16)31-3)21(27)15-26(32(4,29)30)18-11-9-17(23)10-12-18/h6-13,20H,5,14-15H2,1-4H3,(H,24,28). The fourth-order valence-corrected chi connectivity index (χ4v) is 4.12. The first-order valence-electron chi connectivity index (χ1n) is 9.98. The Bertz CT molecular complexity index is 1040. The number of ether oxygens (including phenoxy) is 1. The van der Waals surface area contributed by atoms with Gasteiger partial charge in [-0.2, -0.15) is 0 Å². The van der Waals surface area contributed by atoms with Crippen LogP contribution in [0.2, 0.25) is 0 Å². The molecule has 0 aromatic heterocycles. The van der Waals surface area contributed by atoms with Gasteiger partial charge in [0.1, 0.15) is 24.2 Å². The number of carbonyl (C=O) groups excluding carboxylic acids is 2. The first kappa shape index (κ1) is 25.1. The predicted octanol–water partition coefficient (Wildman–Crippen LogP) is 2.15. The van der Waals surface area contributed by atoms with E-state index >= 15 is 0 Å². The molecular formula is C22H28FN3O5S. The first-order chi connectivity index (χ1) is 15.1. The Balaban J connectivity index is 2.42. The van der Waals surface area contributed by atoms with Gasteiger partial charge in [-0.05, 0) is 48.4 Å². The van der Waals surface area contributed by atoms with E-state index in [4.69, 9.17) is 4.74 Å². The molecule has 0 saturated heterocycles. The zero-order chi connectivity index (χ0) is 23.9. The molecule has 2 amide bonds. The predicted molar refractivity (Wildman–Crippen MR) is 120 cm³/mol. The molecule has 1 N–H and O–H groups in total. The largest absolute Gasteiger partial charge is 0.497 e. The second-order valence-corrected chi connectivity index (χ2v) is 9.06. The van der Waals surface area contributed by atoms with Crippen LogP contribution in [0.25, 0.3) is 0 Å². The second-order valence-electron chi connectivity index (χ2n) is 7.16. The van der Waals surface area contributed by atoms with Gasteiger partial charge in [-0.1, -0.05) is 19.1 Å². The van der Waals surface area contributed by atoms with Crippen molar-refractivity contribution in [2.75, 3.05) is 31.3 Å². The number of sulfonamides is 1. The van der Waals surface area contributed by atoms with Gasteiger partial charge in [-0.3, -0.25) is 13.9 Å². The average molecular weight is 466 g/mol. The summed E-state index contributed by atoms with van der Waals surface area (Å²) in [4.78, 5) is 27.2. The Morgan fingerprint density at radius 3 is 2.34 bits per heavy atom. The average Bonchev–Trinajstić information content (AvgIpc) is 2.77. The number of hydrogen-bond donors (Lipinski definition) is 1. The number of carbonyl (C=O) groups is 2. The van der Waals surface area contributed by atoms with Gasteiger partial charge in [0.15, 0.2) is 0 Å². The summed E-state index contributed by atoms with van der Waals surface area (Å²) in [6.07, 6.45) is 1.29. The van der Waals surface area contributed by atoms with E-state index < -0.39 is 34.3 Å². The molecule has 8 nitrogen and oxygen atoms in total. The van der Waals surface area contributed by atoms with Crippen molar-refractivity contribution < 1.29 is 27.1 Å². The number of rotatable bonds is 10. The Morgan fingerprint density at radius 1 is 1.16 bits per heavy atom. The molecule has 1 unspecified atom stereocenters. The molecule has 10 heteroatoms. The Labute approximate surface area is 188 Å². The minimum atomic E-state index is -3.86. The number of likely N-dealkylation sites (N-methyl/N-ethyl adjacent to an activating group) is 1. The lowest BCUT2D eigenvalue weighted by Gasteiger charge is -2.32. The molecule has 2 aromatic rings. The van der Waals surface area contributed by atoms with Crippen LogP contribution in [0.1, 0.15) is 18.9 Å². The highest BCUT2D eigenvalue weighted by atomic mass is 32.2. The second kappa shape index (κ2) is 10.9. The van der Waals surface area contributed by atoms with Gasteiger partial charge < -0.3 is 15.0 Å². The van der Waals surface area contributed by atoms with Gasteiger partial charge in [0.25, 0.3) is 0 Å². The quantitative estimate of drug-likeness (QED) is 0.580. The smallest absolute Gasteiger partial charge is 0.244 e. The Hall–Kier alpha value is -3.14. The van der Waals surface area contributed by atoms with Gasteiger partial charge in [0, 0.05) is 13.6 Å². The minimum Gasteiger partial charge on any atom is -0.497 e. The van der Waals surface area contributed by atoms with Gasteiger partial charge in [0.05, 0.1) is 19.1 Å². The number of hydrogen-bond acceptors (Lipinski definition) is 5. The highest BCUT2D eigenvalue weighted by Gasteiger charge is 2.31. The number of benzene rings is 2. The fraction of sp³-hybridized carbons (Fsp3) is 0.364. The molecule has 32 heavy (non-hydrogen) atoms. The molecule has 0 saturated carbocycles. The SMILES string of the molecule is CCC(C(=O)NC)N(Cc1cccc(OC)c1)C(=O)CN(c1ccc(F)cc1)S(C)(=O)=O. The number of anilines is 1. The normalized spacial score (nSPS) is 12.0. The summed E-state index contributed by atoms with van der Waals surface area (Å²) in [5.41, 5.74) is 0.865. The third-order valence-corrected chi connectivity index (χ3v) is 6.05. The zero-order valence-corrected chi connectivity index (χ0v) is 19.4. The van der Waals surface area contributed by atoms with Gasteiger partial charge >= 0.3 is 0 Å². The van der Waals surface area contributed by atoms with Crippen molar-refractivity contribution in [1.29, 1.82) is 0 Å². The van der Waals surface area contributed by atoms with Crippen molar-refractivity contribution in [3.05, 3.63) is 59.9 Å². The first-order valence-corrected chi connectivity index (χ1v) is 11.8. The maximum Gasteiger partial charge on any atom is 0.244 e. The summed E-state index contributed by atoms with van der Waals surface area (Å²) in [5, 5.41) is 2.55. The zero-order valence-electron chi connectivity index (χ0n) is 18.5. The molecule has 0 aliphatic rings. The monoisotopic (exact) mass is 465 g/mol. The van der Waals surface area contributed by atoms with Crippen molar-refractivity contribution in [3.63, 3.8) is 0 Å². The maximum atomic E-state index is 13.4. The summed E-state index contributed by atoms with van der Waals surface area (Å²) in [6, 6.07) is 11.0. The van der Waals surface area contributed by atoms with Crippen LogP contribution >= 0.6 is 0 Å². The molecule has 1 atom stereocenters. The van der Waals surface area contributed by atoms with E-state index in [-0.39, 0.29) is 18.1 Å². The fourth-order valence-electron chi connectivity index (χ4n) is 3.27. The summed E-state index contributed by atoms with van der Waals surface area (Å²) < 4.78 is 44.3.